The van der Waals surface area contributed by atoms with Gasteiger partial charge in [0.15, 0.2) is 5.58 Å². The minimum atomic E-state index is 0.212. The van der Waals surface area contributed by atoms with E-state index in [2.05, 4.69) is 4.98 Å². The number of allylic oxidation sites excluding steroid dienone is 1. The summed E-state index contributed by atoms with van der Waals surface area (Å²) in [5.41, 5.74) is 2.85. The van der Waals surface area contributed by atoms with E-state index in [0.29, 0.717) is 11.5 Å². The first-order valence-corrected chi connectivity index (χ1v) is 5.60. The summed E-state index contributed by atoms with van der Waals surface area (Å²) in [4.78, 5) is 4.36. The van der Waals surface area contributed by atoms with Crippen molar-refractivity contribution in [3.63, 3.8) is 0 Å². The van der Waals surface area contributed by atoms with Gasteiger partial charge in [-0.05, 0) is 43.9 Å². The number of rotatable bonds is 1. The molecule has 0 unspecified atom stereocenters. The summed E-state index contributed by atoms with van der Waals surface area (Å²) in [5.74, 6) is 0.862. The van der Waals surface area contributed by atoms with E-state index in [-0.39, 0.29) is 5.75 Å². The van der Waals surface area contributed by atoms with E-state index in [4.69, 9.17) is 4.42 Å². The van der Waals surface area contributed by atoms with Gasteiger partial charge in [0.25, 0.3) is 0 Å². The molecule has 1 N–H and O–H groups in total. The number of phenolic OH excluding ortho intramolecular Hbond substituents is 1. The summed E-state index contributed by atoms with van der Waals surface area (Å²) in [6, 6.07) is 4.99. The third-order valence-corrected chi connectivity index (χ3v) is 2.96. The zero-order valence-electron chi connectivity index (χ0n) is 8.94. The Labute approximate surface area is 93.4 Å². The summed E-state index contributed by atoms with van der Waals surface area (Å²) < 4.78 is 5.56. The Hall–Kier alpha value is -1.77. The van der Waals surface area contributed by atoms with Crippen LogP contribution in [0.1, 0.15) is 31.6 Å². The molecule has 1 aromatic carbocycles. The Morgan fingerprint density at radius 3 is 2.88 bits per heavy atom. The van der Waals surface area contributed by atoms with E-state index in [1.807, 2.05) is 6.08 Å². The highest BCUT2D eigenvalue weighted by molar-refractivity contribution is 5.75. The van der Waals surface area contributed by atoms with E-state index in [9.17, 15) is 5.11 Å². The fraction of sp³-hybridized carbons (Fsp3) is 0.308. The molecular weight excluding hydrogens is 202 g/mol. The van der Waals surface area contributed by atoms with Gasteiger partial charge in [-0.25, -0.2) is 4.98 Å². The topological polar surface area (TPSA) is 46.3 Å². The van der Waals surface area contributed by atoms with Crippen LogP contribution in [-0.4, -0.2) is 10.1 Å². The van der Waals surface area contributed by atoms with Crippen LogP contribution in [0.25, 0.3) is 17.2 Å². The molecule has 0 amide bonds. The molecule has 2 aromatic rings. The van der Waals surface area contributed by atoms with Crippen LogP contribution in [0.5, 0.6) is 5.75 Å². The predicted molar refractivity (Wildman–Crippen MR) is 62.1 cm³/mol. The monoisotopic (exact) mass is 215 g/mol. The van der Waals surface area contributed by atoms with Crippen molar-refractivity contribution < 1.29 is 9.52 Å². The zero-order chi connectivity index (χ0) is 11.0. The zero-order valence-corrected chi connectivity index (χ0v) is 8.94. The molecule has 0 aliphatic heterocycles. The predicted octanol–water partition coefficient (Wildman–Crippen LogP) is 3.49. The molecule has 1 aliphatic rings. The molecule has 1 aromatic heterocycles. The third kappa shape index (κ3) is 1.69. The van der Waals surface area contributed by atoms with E-state index < -0.39 is 0 Å². The van der Waals surface area contributed by atoms with Crippen LogP contribution in [0.15, 0.2) is 28.2 Å². The maximum absolute atomic E-state index is 9.32. The van der Waals surface area contributed by atoms with Crippen molar-refractivity contribution in [1.82, 2.24) is 4.98 Å². The second-order valence-corrected chi connectivity index (χ2v) is 4.21. The highest BCUT2D eigenvalue weighted by atomic mass is 16.3. The number of fused-ring (bicyclic) bond motifs is 1. The summed E-state index contributed by atoms with van der Waals surface area (Å²) in [7, 11) is 0. The van der Waals surface area contributed by atoms with Gasteiger partial charge in [0.2, 0.25) is 5.89 Å². The second-order valence-electron chi connectivity index (χ2n) is 4.21. The van der Waals surface area contributed by atoms with Gasteiger partial charge in [-0.2, -0.15) is 0 Å². The minimum absolute atomic E-state index is 0.212. The van der Waals surface area contributed by atoms with Gasteiger partial charge in [0.1, 0.15) is 11.3 Å². The third-order valence-electron chi connectivity index (χ3n) is 2.96. The van der Waals surface area contributed by atoms with Crippen molar-refractivity contribution in [2.24, 2.45) is 0 Å². The lowest BCUT2D eigenvalue weighted by atomic mass is 10.2. The van der Waals surface area contributed by atoms with Crippen molar-refractivity contribution in [2.45, 2.75) is 25.7 Å². The maximum atomic E-state index is 9.32. The standard InChI is InChI=1S/C13H13NO2/c15-10-5-6-11-12(8-10)16-13(14-11)7-9-3-1-2-4-9/h5-8,15H,1-4H2. The van der Waals surface area contributed by atoms with Crippen molar-refractivity contribution >= 4 is 17.2 Å². The van der Waals surface area contributed by atoms with E-state index >= 15 is 0 Å². The number of phenols is 1. The van der Waals surface area contributed by atoms with Gasteiger partial charge < -0.3 is 9.52 Å². The largest absolute Gasteiger partial charge is 0.508 e. The second kappa shape index (κ2) is 3.67. The molecule has 82 valence electrons. The molecule has 1 fully saturated rings. The van der Waals surface area contributed by atoms with Crippen LogP contribution in [0.4, 0.5) is 0 Å². The first kappa shape index (κ1) is 9.46. The Kier molecular flexibility index (Phi) is 2.17. The normalized spacial score (nSPS) is 15.9. The van der Waals surface area contributed by atoms with Gasteiger partial charge in [-0.15, -0.1) is 0 Å². The summed E-state index contributed by atoms with van der Waals surface area (Å²) >= 11 is 0. The number of hydrogen-bond acceptors (Lipinski definition) is 3. The minimum Gasteiger partial charge on any atom is -0.508 e. The summed E-state index contributed by atoms with van der Waals surface area (Å²) in [5, 5.41) is 9.32. The van der Waals surface area contributed by atoms with Crippen molar-refractivity contribution in [3.8, 4) is 5.75 Å². The van der Waals surface area contributed by atoms with Gasteiger partial charge in [-0.1, -0.05) is 5.57 Å². The van der Waals surface area contributed by atoms with E-state index in [0.717, 1.165) is 18.4 Å². The Morgan fingerprint density at radius 2 is 2.06 bits per heavy atom. The van der Waals surface area contributed by atoms with Crippen molar-refractivity contribution in [2.75, 3.05) is 0 Å². The Morgan fingerprint density at radius 1 is 1.25 bits per heavy atom. The van der Waals surface area contributed by atoms with Crippen LogP contribution in [0.3, 0.4) is 0 Å². The van der Waals surface area contributed by atoms with Crippen LogP contribution in [0.2, 0.25) is 0 Å². The first-order chi connectivity index (χ1) is 7.81. The molecule has 1 heterocycles. The molecular formula is C13H13NO2. The molecule has 3 heteroatoms. The van der Waals surface area contributed by atoms with Crippen LogP contribution >= 0.6 is 0 Å². The molecule has 0 saturated heterocycles. The van der Waals surface area contributed by atoms with Crippen LogP contribution in [-0.2, 0) is 0 Å². The summed E-state index contributed by atoms with van der Waals surface area (Å²) in [6.45, 7) is 0. The molecule has 1 aliphatic carbocycles. The SMILES string of the molecule is Oc1ccc2nc(C=C3CCCC3)oc2c1. The van der Waals surface area contributed by atoms with Crippen molar-refractivity contribution in [3.05, 3.63) is 29.7 Å². The Bertz CT molecular complexity index is 546. The maximum Gasteiger partial charge on any atom is 0.219 e. The number of aromatic hydroxyl groups is 1. The number of benzene rings is 1. The molecule has 0 spiro atoms. The molecule has 1 saturated carbocycles. The quantitative estimate of drug-likeness (QED) is 0.792. The fourth-order valence-corrected chi connectivity index (χ4v) is 2.14. The number of nitrogens with zero attached hydrogens (tertiary/aromatic N) is 1. The van der Waals surface area contributed by atoms with E-state index in [1.165, 1.54) is 18.4 Å². The van der Waals surface area contributed by atoms with Gasteiger partial charge in [0.05, 0.1) is 0 Å². The molecule has 0 radical (unpaired) electrons. The van der Waals surface area contributed by atoms with Gasteiger partial charge in [0, 0.05) is 6.07 Å². The molecule has 0 bridgehead atoms. The first-order valence-electron chi connectivity index (χ1n) is 5.60. The molecule has 0 atom stereocenters. The lowest BCUT2D eigenvalue weighted by Gasteiger charge is -1.90. The average Bonchev–Trinajstić information content (AvgIpc) is 2.86. The number of hydrogen-bond donors (Lipinski definition) is 1. The van der Waals surface area contributed by atoms with Crippen LogP contribution in [0, 0.1) is 0 Å². The highest BCUT2D eigenvalue weighted by Gasteiger charge is 2.09. The molecule has 3 rings (SSSR count). The lowest BCUT2D eigenvalue weighted by Crippen LogP contribution is -1.74. The van der Waals surface area contributed by atoms with Crippen LogP contribution < -0.4 is 0 Å². The number of aromatic nitrogens is 1. The number of oxazole rings is 1. The summed E-state index contributed by atoms with van der Waals surface area (Å²) in [6.07, 6.45) is 6.89. The van der Waals surface area contributed by atoms with Crippen molar-refractivity contribution in [1.29, 1.82) is 0 Å². The highest BCUT2D eigenvalue weighted by Crippen LogP contribution is 2.27. The fourth-order valence-electron chi connectivity index (χ4n) is 2.14. The average molecular weight is 215 g/mol. The molecule has 3 nitrogen and oxygen atoms in total. The van der Waals surface area contributed by atoms with Gasteiger partial charge >= 0.3 is 0 Å². The molecule has 16 heavy (non-hydrogen) atoms. The van der Waals surface area contributed by atoms with E-state index in [1.54, 1.807) is 18.2 Å². The Balaban J connectivity index is 2.01. The lowest BCUT2D eigenvalue weighted by molar-refractivity contribution is 0.474. The smallest absolute Gasteiger partial charge is 0.219 e. The van der Waals surface area contributed by atoms with Gasteiger partial charge in [-0.3, -0.25) is 0 Å².